The number of halogens is 1. The third-order valence-electron chi connectivity index (χ3n) is 1.93. The molecule has 1 aromatic carbocycles. The van der Waals surface area contributed by atoms with Gasteiger partial charge in [-0.25, -0.2) is 4.39 Å². The minimum Gasteiger partial charge on any atom is -0.396 e. The van der Waals surface area contributed by atoms with Crippen molar-refractivity contribution in [2.45, 2.75) is 12.5 Å². The molecule has 0 heterocycles. The van der Waals surface area contributed by atoms with Gasteiger partial charge in [0.25, 0.3) is 0 Å². The smallest absolute Gasteiger partial charge is 0.146 e. The molecule has 0 aromatic heterocycles. The van der Waals surface area contributed by atoms with Gasteiger partial charge in [-0.2, -0.15) is 0 Å². The lowest BCUT2D eigenvalue weighted by molar-refractivity contribution is 0.276. The van der Waals surface area contributed by atoms with Crippen LogP contribution in [-0.4, -0.2) is 11.7 Å². The number of hydrogen-bond acceptors (Lipinski definition) is 3. The maximum atomic E-state index is 12.9. The molecule has 0 aliphatic heterocycles. The molecule has 0 fully saturated rings. The zero-order valence-corrected chi connectivity index (χ0v) is 7.20. The molecule has 0 saturated carbocycles. The summed E-state index contributed by atoms with van der Waals surface area (Å²) >= 11 is 0. The number of aliphatic hydroxyl groups is 1. The molecule has 1 unspecified atom stereocenters. The van der Waals surface area contributed by atoms with Crippen LogP contribution in [0.25, 0.3) is 0 Å². The molecule has 5 N–H and O–H groups in total. The van der Waals surface area contributed by atoms with Gasteiger partial charge in [0.2, 0.25) is 0 Å². The van der Waals surface area contributed by atoms with Gasteiger partial charge in [-0.05, 0) is 18.1 Å². The predicted molar refractivity (Wildman–Crippen MR) is 49.4 cm³/mol. The minimum absolute atomic E-state index is 0.0306. The molecular weight excluding hydrogens is 171 g/mol. The van der Waals surface area contributed by atoms with Gasteiger partial charge < -0.3 is 16.6 Å². The van der Waals surface area contributed by atoms with Crippen LogP contribution in [0.4, 0.5) is 10.1 Å². The first-order valence-corrected chi connectivity index (χ1v) is 4.07. The van der Waals surface area contributed by atoms with E-state index in [0.717, 1.165) is 0 Å². The normalized spacial score (nSPS) is 12.8. The number of anilines is 1. The summed E-state index contributed by atoms with van der Waals surface area (Å²) in [4.78, 5) is 0. The lowest BCUT2D eigenvalue weighted by Gasteiger charge is -2.13. The van der Waals surface area contributed by atoms with E-state index in [2.05, 4.69) is 0 Å². The number of aliphatic hydroxyl groups excluding tert-OH is 1. The molecule has 0 amide bonds. The Morgan fingerprint density at radius 2 is 2.15 bits per heavy atom. The second kappa shape index (κ2) is 4.20. The number of benzene rings is 1. The summed E-state index contributed by atoms with van der Waals surface area (Å²) in [6.07, 6.45) is 0.383. The Balaban J connectivity index is 2.93. The number of para-hydroxylation sites is 1. The highest BCUT2D eigenvalue weighted by atomic mass is 19.1. The Labute approximate surface area is 76.2 Å². The van der Waals surface area contributed by atoms with Crippen molar-refractivity contribution in [1.29, 1.82) is 0 Å². The van der Waals surface area contributed by atoms with Gasteiger partial charge >= 0.3 is 0 Å². The van der Waals surface area contributed by atoms with E-state index in [0.29, 0.717) is 12.0 Å². The Hall–Kier alpha value is -1.13. The van der Waals surface area contributed by atoms with Crippen molar-refractivity contribution >= 4 is 5.69 Å². The summed E-state index contributed by atoms with van der Waals surface area (Å²) in [5, 5.41) is 8.64. The zero-order chi connectivity index (χ0) is 9.84. The van der Waals surface area contributed by atoms with Crippen molar-refractivity contribution in [3.05, 3.63) is 29.6 Å². The molecule has 1 aromatic rings. The fraction of sp³-hybridized carbons (Fsp3) is 0.333. The number of hydrogen-bond donors (Lipinski definition) is 3. The SMILES string of the molecule is Nc1c(F)cccc1C(N)CCO. The average Bonchev–Trinajstić information content (AvgIpc) is 2.10. The van der Waals surface area contributed by atoms with Crippen molar-refractivity contribution in [2.24, 2.45) is 5.73 Å². The van der Waals surface area contributed by atoms with Gasteiger partial charge in [0.05, 0.1) is 5.69 Å². The summed E-state index contributed by atoms with van der Waals surface area (Å²) < 4.78 is 12.9. The quantitative estimate of drug-likeness (QED) is 0.608. The number of nitrogens with two attached hydrogens (primary N) is 2. The van der Waals surface area contributed by atoms with Gasteiger partial charge in [-0.3, -0.25) is 0 Å². The van der Waals surface area contributed by atoms with E-state index in [9.17, 15) is 4.39 Å². The maximum Gasteiger partial charge on any atom is 0.146 e. The Morgan fingerprint density at radius 3 is 2.77 bits per heavy atom. The van der Waals surface area contributed by atoms with E-state index in [-0.39, 0.29) is 12.3 Å². The van der Waals surface area contributed by atoms with E-state index < -0.39 is 11.9 Å². The lowest BCUT2D eigenvalue weighted by Crippen LogP contribution is -2.14. The topological polar surface area (TPSA) is 72.3 Å². The third kappa shape index (κ3) is 2.17. The molecule has 0 radical (unpaired) electrons. The summed E-state index contributed by atoms with van der Waals surface area (Å²) in [5.41, 5.74) is 11.8. The molecule has 0 aliphatic rings. The van der Waals surface area contributed by atoms with Crippen molar-refractivity contribution in [1.82, 2.24) is 0 Å². The maximum absolute atomic E-state index is 12.9. The highest BCUT2D eigenvalue weighted by Gasteiger charge is 2.11. The monoisotopic (exact) mass is 184 g/mol. The number of rotatable bonds is 3. The van der Waals surface area contributed by atoms with Gasteiger partial charge in [-0.15, -0.1) is 0 Å². The molecule has 0 bridgehead atoms. The molecule has 1 atom stereocenters. The van der Waals surface area contributed by atoms with Crippen LogP contribution in [0.5, 0.6) is 0 Å². The summed E-state index contributed by atoms with van der Waals surface area (Å²) in [5.74, 6) is -0.467. The van der Waals surface area contributed by atoms with Crippen LogP contribution in [0.15, 0.2) is 18.2 Å². The first-order valence-electron chi connectivity index (χ1n) is 4.07. The van der Waals surface area contributed by atoms with Crippen LogP contribution in [-0.2, 0) is 0 Å². The van der Waals surface area contributed by atoms with Crippen LogP contribution in [0.3, 0.4) is 0 Å². The van der Waals surface area contributed by atoms with Crippen molar-refractivity contribution in [2.75, 3.05) is 12.3 Å². The van der Waals surface area contributed by atoms with Crippen LogP contribution < -0.4 is 11.5 Å². The van der Waals surface area contributed by atoms with Crippen LogP contribution in [0.1, 0.15) is 18.0 Å². The predicted octanol–water partition coefficient (Wildman–Crippen LogP) is 0.790. The second-order valence-electron chi connectivity index (χ2n) is 2.86. The zero-order valence-electron chi connectivity index (χ0n) is 7.20. The Morgan fingerprint density at radius 1 is 1.46 bits per heavy atom. The molecule has 3 nitrogen and oxygen atoms in total. The molecule has 13 heavy (non-hydrogen) atoms. The van der Waals surface area contributed by atoms with Gasteiger partial charge in [0.1, 0.15) is 5.82 Å². The lowest BCUT2D eigenvalue weighted by atomic mass is 10.0. The molecule has 0 aliphatic carbocycles. The van der Waals surface area contributed by atoms with Crippen LogP contribution in [0, 0.1) is 5.82 Å². The number of nitrogen functional groups attached to an aromatic ring is 1. The molecule has 72 valence electrons. The first-order chi connectivity index (χ1) is 6.16. The fourth-order valence-corrected chi connectivity index (χ4v) is 1.17. The van der Waals surface area contributed by atoms with Crippen LogP contribution >= 0.6 is 0 Å². The Bertz CT molecular complexity index is 291. The van der Waals surface area contributed by atoms with Gasteiger partial charge in [0.15, 0.2) is 0 Å². The highest BCUT2D eigenvalue weighted by molar-refractivity contribution is 5.49. The average molecular weight is 184 g/mol. The van der Waals surface area contributed by atoms with Crippen LogP contribution in [0.2, 0.25) is 0 Å². The van der Waals surface area contributed by atoms with Gasteiger partial charge in [-0.1, -0.05) is 12.1 Å². The molecule has 0 spiro atoms. The Kier molecular flexibility index (Phi) is 3.22. The standard InChI is InChI=1S/C9H13FN2O/c10-7-3-1-2-6(9(7)12)8(11)4-5-13/h1-3,8,13H,4-5,11-12H2. The first kappa shape index (κ1) is 9.95. The highest BCUT2D eigenvalue weighted by Crippen LogP contribution is 2.22. The molecular formula is C9H13FN2O. The van der Waals surface area contributed by atoms with Crippen molar-refractivity contribution in [3.63, 3.8) is 0 Å². The summed E-state index contributed by atoms with van der Waals surface area (Å²) in [7, 11) is 0. The molecule has 1 rings (SSSR count). The van der Waals surface area contributed by atoms with E-state index in [1.807, 2.05) is 0 Å². The molecule has 0 saturated heterocycles. The second-order valence-corrected chi connectivity index (χ2v) is 2.86. The summed E-state index contributed by atoms with van der Waals surface area (Å²) in [6.45, 7) is -0.0306. The summed E-state index contributed by atoms with van der Waals surface area (Å²) in [6, 6.07) is 4.10. The van der Waals surface area contributed by atoms with Crippen molar-refractivity contribution in [3.8, 4) is 0 Å². The third-order valence-corrected chi connectivity index (χ3v) is 1.93. The fourth-order valence-electron chi connectivity index (χ4n) is 1.17. The molecule has 4 heteroatoms. The largest absolute Gasteiger partial charge is 0.396 e. The minimum atomic E-state index is -0.467. The van der Waals surface area contributed by atoms with Crippen molar-refractivity contribution < 1.29 is 9.50 Å². The van der Waals surface area contributed by atoms with E-state index in [1.165, 1.54) is 6.07 Å². The van der Waals surface area contributed by atoms with E-state index in [4.69, 9.17) is 16.6 Å². The van der Waals surface area contributed by atoms with E-state index >= 15 is 0 Å². The van der Waals surface area contributed by atoms with E-state index in [1.54, 1.807) is 12.1 Å². The van der Waals surface area contributed by atoms with Gasteiger partial charge in [0, 0.05) is 12.6 Å².